The van der Waals surface area contributed by atoms with Crippen molar-refractivity contribution in [2.24, 2.45) is 0 Å². The molecule has 0 bridgehead atoms. The molecule has 2 aromatic carbocycles. The summed E-state index contributed by atoms with van der Waals surface area (Å²) in [7, 11) is 0. The highest BCUT2D eigenvalue weighted by molar-refractivity contribution is 7.14. The number of carbonyl (C=O) groups is 1. The molecule has 4 aromatic heterocycles. The minimum Gasteiger partial charge on any atom is -0.298 e. The van der Waals surface area contributed by atoms with Gasteiger partial charge < -0.3 is 0 Å². The van der Waals surface area contributed by atoms with Crippen LogP contribution in [0.1, 0.15) is 27.2 Å². The van der Waals surface area contributed by atoms with E-state index >= 15 is 0 Å². The number of hydrogen-bond donors (Lipinski definition) is 1. The lowest BCUT2D eigenvalue weighted by Gasteiger charge is -2.08. The smallest absolute Gasteiger partial charge is 0.258 e. The van der Waals surface area contributed by atoms with Crippen molar-refractivity contribution < 1.29 is 4.79 Å². The molecule has 0 aliphatic carbocycles. The monoisotopic (exact) mass is 521 g/mol. The van der Waals surface area contributed by atoms with Crippen LogP contribution in [-0.2, 0) is 0 Å². The van der Waals surface area contributed by atoms with Gasteiger partial charge in [-0.2, -0.15) is 5.10 Å². The third kappa shape index (κ3) is 4.34. The Labute approximate surface area is 222 Å². The minimum atomic E-state index is -0.234. The summed E-state index contributed by atoms with van der Waals surface area (Å²) in [5.74, 6) is -0.234. The quantitative estimate of drug-likeness (QED) is 0.256. The van der Waals surface area contributed by atoms with E-state index in [9.17, 15) is 4.79 Å². The number of pyridine rings is 1. The van der Waals surface area contributed by atoms with Gasteiger partial charge in [0.15, 0.2) is 10.8 Å². The summed E-state index contributed by atoms with van der Waals surface area (Å²) in [6.45, 7) is 6.04. The van der Waals surface area contributed by atoms with Gasteiger partial charge in [-0.3, -0.25) is 10.1 Å². The van der Waals surface area contributed by atoms with Gasteiger partial charge in [-0.05, 0) is 62.0 Å². The van der Waals surface area contributed by atoms with Crippen LogP contribution < -0.4 is 5.32 Å². The second kappa shape index (κ2) is 9.38. The van der Waals surface area contributed by atoms with Crippen LogP contribution in [0.4, 0.5) is 5.13 Å². The second-order valence-corrected chi connectivity index (χ2v) is 10.7. The first-order valence-electron chi connectivity index (χ1n) is 11.8. The molecule has 0 aliphatic rings. The van der Waals surface area contributed by atoms with E-state index < -0.39 is 0 Å². The summed E-state index contributed by atoms with van der Waals surface area (Å²) in [6, 6.07) is 22.0. The highest BCUT2D eigenvalue weighted by Gasteiger charge is 2.22. The number of amides is 1. The van der Waals surface area contributed by atoms with Crippen molar-refractivity contribution in [1.82, 2.24) is 19.7 Å². The fourth-order valence-corrected chi connectivity index (χ4v) is 5.79. The van der Waals surface area contributed by atoms with Gasteiger partial charge in [0.25, 0.3) is 5.91 Å². The lowest BCUT2D eigenvalue weighted by molar-refractivity contribution is 0.102. The maximum Gasteiger partial charge on any atom is 0.258 e. The molecule has 4 heterocycles. The van der Waals surface area contributed by atoms with E-state index in [4.69, 9.17) is 15.1 Å². The highest BCUT2D eigenvalue weighted by atomic mass is 32.1. The van der Waals surface area contributed by atoms with Gasteiger partial charge >= 0.3 is 0 Å². The van der Waals surface area contributed by atoms with Gasteiger partial charge in [0.05, 0.1) is 38.6 Å². The van der Waals surface area contributed by atoms with E-state index in [0.29, 0.717) is 16.3 Å². The molecule has 6 nitrogen and oxygen atoms in total. The van der Waals surface area contributed by atoms with Gasteiger partial charge in [-0.15, -0.1) is 22.7 Å². The Balaban J connectivity index is 1.44. The largest absolute Gasteiger partial charge is 0.298 e. The van der Waals surface area contributed by atoms with Crippen molar-refractivity contribution in [2.45, 2.75) is 20.8 Å². The molecule has 0 aliphatic heterocycles. The van der Waals surface area contributed by atoms with Gasteiger partial charge in [0, 0.05) is 10.9 Å². The number of rotatable bonds is 5. The predicted molar refractivity (Wildman–Crippen MR) is 152 cm³/mol. The number of fused-ring (bicyclic) bond motifs is 1. The Kier molecular flexibility index (Phi) is 5.90. The first-order chi connectivity index (χ1) is 18.0. The van der Waals surface area contributed by atoms with E-state index in [1.807, 2.05) is 66.2 Å². The molecule has 0 spiro atoms. The fraction of sp³-hybridized carbons (Fsp3) is 0.103. The van der Waals surface area contributed by atoms with Crippen LogP contribution in [-0.4, -0.2) is 25.7 Å². The zero-order valence-electron chi connectivity index (χ0n) is 20.5. The normalized spacial score (nSPS) is 11.2. The third-order valence-electron chi connectivity index (χ3n) is 6.23. The topological polar surface area (TPSA) is 72.7 Å². The van der Waals surface area contributed by atoms with E-state index in [2.05, 4.69) is 37.4 Å². The first-order valence-corrected chi connectivity index (χ1v) is 13.6. The Bertz CT molecular complexity index is 1750. The van der Waals surface area contributed by atoms with Gasteiger partial charge in [0.2, 0.25) is 0 Å². The Morgan fingerprint density at radius 1 is 0.892 bits per heavy atom. The molecule has 6 rings (SSSR count). The highest BCUT2D eigenvalue weighted by Crippen LogP contribution is 2.32. The van der Waals surface area contributed by atoms with E-state index in [-0.39, 0.29) is 5.91 Å². The molecule has 0 saturated heterocycles. The van der Waals surface area contributed by atoms with E-state index in [1.165, 1.54) is 16.9 Å². The molecule has 0 atom stereocenters. The number of carbonyl (C=O) groups excluding carboxylic acids is 1. The Hall–Kier alpha value is -4.14. The molecular formula is C29H23N5OS2. The lowest BCUT2D eigenvalue weighted by Crippen LogP contribution is -2.13. The molecule has 0 radical (unpaired) electrons. The molecule has 1 N–H and O–H groups in total. The molecule has 8 heteroatoms. The summed E-state index contributed by atoms with van der Waals surface area (Å²) in [5, 5.41) is 13.1. The van der Waals surface area contributed by atoms with Crippen molar-refractivity contribution >= 4 is 44.7 Å². The molecule has 6 aromatic rings. The molecule has 0 fully saturated rings. The molecule has 0 saturated carbocycles. The van der Waals surface area contributed by atoms with Gasteiger partial charge in [-0.1, -0.05) is 42.0 Å². The minimum absolute atomic E-state index is 0.234. The summed E-state index contributed by atoms with van der Waals surface area (Å²) in [4.78, 5) is 24.4. The summed E-state index contributed by atoms with van der Waals surface area (Å²) < 4.78 is 1.81. The van der Waals surface area contributed by atoms with Crippen molar-refractivity contribution in [1.29, 1.82) is 0 Å². The van der Waals surface area contributed by atoms with Crippen molar-refractivity contribution in [3.05, 3.63) is 99.9 Å². The van der Waals surface area contributed by atoms with Crippen molar-refractivity contribution in [2.75, 3.05) is 5.32 Å². The number of nitrogens with one attached hydrogen (secondary N) is 1. The summed E-state index contributed by atoms with van der Waals surface area (Å²) in [5.41, 5.74) is 7.79. The summed E-state index contributed by atoms with van der Waals surface area (Å²) >= 11 is 3.00. The standard InChI is InChI=1S/C29H23N5OS2/c1-17-11-12-18(2)21(14-17)24-16-37-29(31-24)32-28(35)22-15-23(25-10-7-13-36-25)30-27-26(22)19(3)33-34(27)20-8-5-4-6-9-20/h4-16H,1-3H3,(H,31,32,35). The second-order valence-electron chi connectivity index (χ2n) is 8.87. The number of benzene rings is 2. The van der Waals surface area contributed by atoms with E-state index in [0.717, 1.165) is 44.2 Å². The SMILES string of the molecule is Cc1ccc(C)c(-c2csc(NC(=O)c3cc(-c4cccs4)nc4c3c(C)nn4-c3ccccc3)n2)c1. The predicted octanol–water partition coefficient (Wildman–Crippen LogP) is 7.45. The van der Waals surface area contributed by atoms with Gasteiger partial charge in [-0.25, -0.2) is 14.6 Å². The van der Waals surface area contributed by atoms with Crippen LogP contribution in [0.5, 0.6) is 0 Å². The Morgan fingerprint density at radius 3 is 2.51 bits per heavy atom. The summed E-state index contributed by atoms with van der Waals surface area (Å²) in [6.07, 6.45) is 0. The van der Waals surface area contributed by atoms with Gasteiger partial charge in [0.1, 0.15) is 0 Å². The average Bonchev–Trinajstić information content (AvgIpc) is 3.67. The van der Waals surface area contributed by atoms with Crippen molar-refractivity contribution in [3.63, 3.8) is 0 Å². The van der Waals surface area contributed by atoms with E-state index in [1.54, 1.807) is 16.0 Å². The Morgan fingerprint density at radius 2 is 1.73 bits per heavy atom. The molecule has 37 heavy (non-hydrogen) atoms. The first kappa shape index (κ1) is 23.3. The zero-order chi connectivity index (χ0) is 25.5. The number of aryl methyl sites for hydroxylation is 3. The number of aromatic nitrogens is 4. The number of anilines is 1. The maximum absolute atomic E-state index is 13.7. The van der Waals surface area contributed by atoms with Crippen LogP contribution in [0.3, 0.4) is 0 Å². The number of para-hydroxylation sites is 1. The molecule has 1 amide bonds. The van der Waals surface area contributed by atoms with Crippen LogP contribution in [0.15, 0.2) is 77.5 Å². The number of thiophene rings is 1. The molecular weight excluding hydrogens is 498 g/mol. The van der Waals surface area contributed by atoms with Crippen molar-refractivity contribution in [3.8, 4) is 27.5 Å². The zero-order valence-corrected chi connectivity index (χ0v) is 22.2. The fourth-order valence-electron chi connectivity index (χ4n) is 4.40. The average molecular weight is 522 g/mol. The third-order valence-corrected chi connectivity index (χ3v) is 7.88. The maximum atomic E-state index is 13.7. The lowest BCUT2D eigenvalue weighted by atomic mass is 10.0. The number of nitrogens with zero attached hydrogens (tertiary/aromatic N) is 4. The van der Waals surface area contributed by atoms with Crippen LogP contribution in [0.25, 0.3) is 38.5 Å². The molecule has 0 unspecified atom stereocenters. The van der Waals surface area contributed by atoms with Crippen LogP contribution in [0, 0.1) is 20.8 Å². The van der Waals surface area contributed by atoms with Crippen LogP contribution in [0.2, 0.25) is 0 Å². The molecule has 182 valence electrons. The van der Waals surface area contributed by atoms with Crippen LogP contribution >= 0.6 is 22.7 Å². The number of thiazole rings is 1. The number of hydrogen-bond acceptors (Lipinski definition) is 6.